The minimum absolute atomic E-state index is 0.133. The zero-order valence-electron chi connectivity index (χ0n) is 12.1. The lowest BCUT2D eigenvalue weighted by Gasteiger charge is -2.12. The van der Waals surface area contributed by atoms with Crippen LogP contribution in [0.3, 0.4) is 0 Å². The lowest BCUT2D eigenvalue weighted by Crippen LogP contribution is -2.13. The van der Waals surface area contributed by atoms with Crippen LogP contribution in [0.1, 0.15) is 21.5 Å². The number of benzene rings is 2. The summed E-state index contributed by atoms with van der Waals surface area (Å²) in [6.07, 6.45) is 0. The Hall–Kier alpha value is -1.33. The van der Waals surface area contributed by atoms with Gasteiger partial charge in [0.1, 0.15) is 0 Å². The summed E-state index contributed by atoms with van der Waals surface area (Å²) in [4.78, 5) is 12.4. The Balaban J connectivity index is 2.28. The molecule has 2 rings (SSSR count). The van der Waals surface area contributed by atoms with E-state index in [1.807, 2.05) is 51.2 Å². The average molecular weight is 412 g/mol. The lowest BCUT2D eigenvalue weighted by molar-refractivity contribution is 0.102. The number of amides is 1. The van der Waals surface area contributed by atoms with Crippen molar-refractivity contribution in [1.82, 2.24) is 0 Å². The molecule has 2 aromatic carbocycles. The molecule has 0 aliphatic heterocycles. The predicted octanol–water partition coefficient (Wildman–Crippen LogP) is 5.12. The standard InChI is InChI=1S/C16H16Br2N2O/c1-9-6-12(17)15(13(18)7-9)20-16(21)11-4-5-14(19-3)10(2)8-11/h4-8,19H,1-3H3,(H,20,21). The van der Waals surface area contributed by atoms with Crippen LogP contribution < -0.4 is 10.6 Å². The number of carbonyl (C=O) groups is 1. The molecule has 0 aliphatic rings. The topological polar surface area (TPSA) is 41.1 Å². The van der Waals surface area contributed by atoms with Crippen LogP contribution >= 0.6 is 31.9 Å². The zero-order chi connectivity index (χ0) is 15.6. The van der Waals surface area contributed by atoms with Crippen molar-refractivity contribution in [2.75, 3.05) is 17.7 Å². The van der Waals surface area contributed by atoms with Crippen LogP contribution in [0.4, 0.5) is 11.4 Å². The van der Waals surface area contributed by atoms with Gasteiger partial charge in [-0.25, -0.2) is 0 Å². The van der Waals surface area contributed by atoms with Gasteiger partial charge in [-0.2, -0.15) is 0 Å². The summed E-state index contributed by atoms with van der Waals surface area (Å²) in [6.45, 7) is 3.97. The van der Waals surface area contributed by atoms with Crippen molar-refractivity contribution in [2.24, 2.45) is 0 Å². The van der Waals surface area contributed by atoms with Gasteiger partial charge in [0.2, 0.25) is 0 Å². The van der Waals surface area contributed by atoms with Crippen LogP contribution in [-0.2, 0) is 0 Å². The van der Waals surface area contributed by atoms with E-state index >= 15 is 0 Å². The number of anilines is 2. The van der Waals surface area contributed by atoms with Crippen LogP contribution in [0.25, 0.3) is 0 Å². The van der Waals surface area contributed by atoms with Crippen molar-refractivity contribution in [3.05, 3.63) is 56.0 Å². The van der Waals surface area contributed by atoms with Crippen molar-refractivity contribution in [3.63, 3.8) is 0 Å². The first-order valence-electron chi connectivity index (χ1n) is 6.47. The quantitative estimate of drug-likeness (QED) is 0.735. The molecule has 1 amide bonds. The van der Waals surface area contributed by atoms with Crippen LogP contribution in [0.15, 0.2) is 39.3 Å². The van der Waals surface area contributed by atoms with E-state index in [1.54, 1.807) is 0 Å². The molecule has 3 nitrogen and oxygen atoms in total. The van der Waals surface area contributed by atoms with Crippen molar-refractivity contribution in [1.29, 1.82) is 0 Å². The normalized spacial score (nSPS) is 10.3. The van der Waals surface area contributed by atoms with Gasteiger partial charge in [-0.05, 0) is 87.2 Å². The smallest absolute Gasteiger partial charge is 0.255 e. The highest BCUT2D eigenvalue weighted by Gasteiger charge is 2.12. The van der Waals surface area contributed by atoms with Crippen LogP contribution in [0.5, 0.6) is 0 Å². The van der Waals surface area contributed by atoms with Gasteiger partial charge in [-0.15, -0.1) is 0 Å². The predicted molar refractivity (Wildman–Crippen MR) is 95.3 cm³/mol. The summed E-state index contributed by atoms with van der Waals surface area (Å²) in [5, 5.41) is 6.02. The SMILES string of the molecule is CNc1ccc(C(=O)Nc2c(Br)cc(C)cc2Br)cc1C. The Morgan fingerprint density at radius 1 is 1.05 bits per heavy atom. The molecule has 0 radical (unpaired) electrons. The number of nitrogens with one attached hydrogen (secondary N) is 2. The molecule has 5 heteroatoms. The maximum absolute atomic E-state index is 12.4. The van der Waals surface area contributed by atoms with E-state index in [0.717, 1.165) is 31.4 Å². The second-order valence-corrected chi connectivity index (χ2v) is 6.55. The van der Waals surface area contributed by atoms with Gasteiger partial charge in [0.25, 0.3) is 5.91 Å². The molecule has 0 heterocycles. The number of aryl methyl sites for hydroxylation is 2. The van der Waals surface area contributed by atoms with Gasteiger partial charge in [-0.1, -0.05) is 0 Å². The van der Waals surface area contributed by atoms with Gasteiger partial charge < -0.3 is 10.6 Å². The Bertz CT molecular complexity index is 676. The first-order chi connectivity index (χ1) is 9.92. The van der Waals surface area contributed by atoms with Crippen LogP contribution in [0.2, 0.25) is 0 Å². The van der Waals surface area contributed by atoms with Gasteiger partial charge in [-0.3, -0.25) is 4.79 Å². The monoisotopic (exact) mass is 410 g/mol. The summed E-state index contributed by atoms with van der Waals surface area (Å²) in [6, 6.07) is 9.52. The Morgan fingerprint density at radius 3 is 2.19 bits per heavy atom. The number of hydrogen-bond acceptors (Lipinski definition) is 2. The first kappa shape index (κ1) is 16.0. The highest BCUT2D eigenvalue weighted by Crippen LogP contribution is 2.32. The van der Waals surface area contributed by atoms with E-state index in [2.05, 4.69) is 42.5 Å². The van der Waals surface area contributed by atoms with Crippen molar-refractivity contribution < 1.29 is 4.79 Å². The van der Waals surface area contributed by atoms with Crippen LogP contribution in [-0.4, -0.2) is 13.0 Å². The molecule has 0 fully saturated rings. The number of carbonyl (C=O) groups excluding carboxylic acids is 1. The van der Waals surface area contributed by atoms with Crippen molar-refractivity contribution >= 4 is 49.1 Å². The molecule has 0 bridgehead atoms. The highest BCUT2D eigenvalue weighted by atomic mass is 79.9. The fourth-order valence-corrected chi connectivity index (χ4v) is 3.70. The maximum atomic E-state index is 12.4. The molecule has 2 N–H and O–H groups in total. The fraction of sp³-hybridized carbons (Fsp3) is 0.188. The van der Waals surface area contributed by atoms with Crippen LogP contribution in [0, 0.1) is 13.8 Å². The van der Waals surface area contributed by atoms with E-state index in [4.69, 9.17) is 0 Å². The molecule has 0 unspecified atom stereocenters. The third-order valence-corrected chi connectivity index (χ3v) is 4.43. The third-order valence-electron chi connectivity index (χ3n) is 3.18. The molecule has 0 saturated carbocycles. The number of hydrogen-bond donors (Lipinski definition) is 2. The molecule has 0 aromatic heterocycles. The van der Waals surface area contributed by atoms with E-state index in [-0.39, 0.29) is 5.91 Å². The number of halogens is 2. The molecule has 2 aromatic rings. The summed E-state index contributed by atoms with van der Waals surface area (Å²) in [5.74, 6) is -0.133. The Morgan fingerprint density at radius 2 is 1.67 bits per heavy atom. The second kappa shape index (κ2) is 6.62. The van der Waals surface area contributed by atoms with E-state index in [0.29, 0.717) is 5.56 Å². The highest BCUT2D eigenvalue weighted by molar-refractivity contribution is 9.11. The molecule has 21 heavy (non-hydrogen) atoms. The van der Waals surface area contributed by atoms with Crippen molar-refractivity contribution in [2.45, 2.75) is 13.8 Å². The summed E-state index contributed by atoms with van der Waals surface area (Å²) in [5.41, 5.74) is 4.53. The summed E-state index contributed by atoms with van der Waals surface area (Å²) >= 11 is 6.96. The van der Waals surface area contributed by atoms with Crippen molar-refractivity contribution in [3.8, 4) is 0 Å². The first-order valence-corrected chi connectivity index (χ1v) is 8.06. The van der Waals surface area contributed by atoms with Gasteiger partial charge in [0, 0.05) is 27.2 Å². The molecule has 0 spiro atoms. The largest absolute Gasteiger partial charge is 0.388 e. The zero-order valence-corrected chi connectivity index (χ0v) is 15.2. The molecule has 110 valence electrons. The molecule has 0 atom stereocenters. The summed E-state index contributed by atoms with van der Waals surface area (Å²) in [7, 11) is 1.86. The van der Waals surface area contributed by atoms with E-state index < -0.39 is 0 Å². The van der Waals surface area contributed by atoms with E-state index in [1.165, 1.54) is 0 Å². The molecular formula is C16H16Br2N2O. The lowest BCUT2D eigenvalue weighted by atomic mass is 10.1. The maximum Gasteiger partial charge on any atom is 0.255 e. The number of rotatable bonds is 3. The minimum atomic E-state index is -0.133. The molecular weight excluding hydrogens is 396 g/mol. The Kier molecular flexibility index (Phi) is 5.06. The van der Waals surface area contributed by atoms with Gasteiger partial charge in [0.15, 0.2) is 0 Å². The van der Waals surface area contributed by atoms with Gasteiger partial charge in [0.05, 0.1) is 5.69 Å². The third kappa shape index (κ3) is 3.66. The fourth-order valence-electron chi connectivity index (χ4n) is 2.09. The van der Waals surface area contributed by atoms with E-state index in [9.17, 15) is 4.79 Å². The average Bonchev–Trinajstić information content (AvgIpc) is 2.42. The van der Waals surface area contributed by atoms with Gasteiger partial charge >= 0.3 is 0 Å². The molecule has 0 saturated heterocycles. The molecule has 0 aliphatic carbocycles. The minimum Gasteiger partial charge on any atom is -0.388 e. The second-order valence-electron chi connectivity index (χ2n) is 4.84. The Labute approximate surface area is 141 Å². The summed E-state index contributed by atoms with van der Waals surface area (Å²) < 4.78 is 1.71.